The van der Waals surface area contributed by atoms with E-state index < -0.39 is 10.0 Å². The molecular formula is C14H17N3O2S. The van der Waals surface area contributed by atoms with Crippen molar-refractivity contribution < 1.29 is 8.42 Å². The van der Waals surface area contributed by atoms with E-state index in [9.17, 15) is 8.42 Å². The van der Waals surface area contributed by atoms with Gasteiger partial charge < -0.3 is 10.6 Å². The minimum Gasteiger partial charge on any atom is -0.344 e. The van der Waals surface area contributed by atoms with Gasteiger partial charge in [0.05, 0.1) is 4.90 Å². The number of hydrogen-bond donors (Lipinski definition) is 2. The summed E-state index contributed by atoms with van der Waals surface area (Å²) in [5.41, 5.74) is 8.59. The van der Waals surface area contributed by atoms with Crippen LogP contribution in [0.3, 0.4) is 0 Å². The molecule has 0 fully saturated rings. The summed E-state index contributed by atoms with van der Waals surface area (Å²) in [7, 11) is -1.76. The van der Waals surface area contributed by atoms with E-state index in [-0.39, 0.29) is 4.90 Å². The van der Waals surface area contributed by atoms with Gasteiger partial charge in [0.1, 0.15) is 0 Å². The molecule has 0 aliphatic rings. The summed E-state index contributed by atoms with van der Waals surface area (Å²) in [6.45, 7) is 0.440. The molecule has 0 aliphatic carbocycles. The lowest BCUT2D eigenvalue weighted by Crippen LogP contribution is -2.15. The zero-order valence-electron chi connectivity index (χ0n) is 11.2. The molecule has 0 saturated heterocycles. The first-order valence-corrected chi connectivity index (χ1v) is 7.62. The van der Waals surface area contributed by atoms with Crippen molar-refractivity contribution in [2.24, 2.45) is 10.9 Å². The highest BCUT2D eigenvalue weighted by molar-refractivity contribution is 7.89. The second-order valence-electron chi connectivity index (χ2n) is 4.43. The van der Waals surface area contributed by atoms with Crippen LogP contribution < -0.4 is 15.8 Å². The number of hydrogen-bond acceptors (Lipinski definition) is 4. The Balaban J connectivity index is 2.36. The lowest BCUT2D eigenvalue weighted by Gasteiger charge is -2.22. The van der Waals surface area contributed by atoms with Gasteiger partial charge in [0.15, 0.2) is 0 Å². The van der Waals surface area contributed by atoms with E-state index in [0.29, 0.717) is 6.54 Å². The average Bonchev–Trinajstić information content (AvgIpc) is 2.45. The van der Waals surface area contributed by atoms with Gasteiger partial charge in [0.25, 0.3) is 0 Å². The Morgan fingerprint density at radius 2 is 1.65 bits per heavy atom. The van der Waals surface area contributed by atoms with E-state index in [1.807, 2.05) is 36.2 Å². The quantitative estimate of drug-likeness (QED) is 0.894. The fraction of sp³-hybridized carbons (Fsp3) is 0.143. The van der Waals surface area contributed by atoms with Crippen molar-refractivity contribution in [3.63, 3.8) is 0 Å². The third kappa shape index (κ3) is 2.98. The summed E-state index contributed by atoms with van der Waals surface area (Å²) < 4.78 is 22.5. The van der Waals surface area contributed by atoms with Crippen LogP contribution >= 0.6 is 0 Å². The predicted molar refractivity (Wildman–Crippen MR) is 80.2 cm³/mol. The Hall–Kier alpha value is -1.89. The van der Waals surface area contributed by atoms with Crippen LogP contribution in [0.5, 0.6) is 0 Å². The molecule has 0 spiro atoms. The lowest BCUT2D eigenvalue weighted by molar-refractivity contribution is 0.598. The Morgan fingerprint density at radius 1 is 1.05 bits per heavy atom. The molecule has 2 aromatic rings. The van der Waals surface area contributed by atoms with Gasteiger partial charge in [-0.3, -0.25) is 0 Å². The number of para-hydroxylation sites is 1. The van der Waals surface area contributed by atoms with Crippen molar-refractivity contribution in [3.05, 3.63) is 54.1 Å². The largest absolute Gasteiger partial charge is 0.344 e. The van der Waals surface area contributed by atoms with Gasteiger partial charge in [-0.2, -0.15) is 0 Å². The minimum absolute atomic E-state index is 0.0989. The highest BCUT2D eigenvalue weighted by Gasteiger charge is 2.10. The molecule has 0 heterocycles. The summed E-state index contributed by atoms with van der Waals surface area (Å²) in [6, 6.07) is 14.2. The van der Waals surface area contributed by atoms with Crippen LogP contribution in [0, 0.1) is 0 Å². The number of benzene rings is 2. The monoisotopic (exact) mass is 291 g/mol. The highest BCUT2D eigenvalue weighted by atomic mass is 32.2. The smallest absolute Gasteiger partial charge is 0.238 e. The predicted octanol–water partition coefficient (Wildman–Crippen LogP) is 1.56. The summed E-state index contributed by atoms with van der Waals surface area (Å²) >= 11 is 0. The van der Waals surface area contributed by atoms with Crippen molar-refractivity contribution in [2.75, 3.05) is 11.9 Å². The molecule has 0 unspecified atom stereocenters. The number of nitrogens with two attached hydrogens (primary N) is 2. The SMILES string of the molecule is CN(c1ccc(S(N)(=O)=O)cc1)c1ccccc1CN. The summed E-state index contributed by atoms with van der Waals surface area (Å²) in [5, 5.41) is 5.08. The van der Waals surface area contributed by atoms with Crippen LogP contribution in [-0.4, -0.2) is 15.5 Å². The average molecular weight is 291 g/mol. The van der Waals surface area contributed by atoms with Gasteiger partial charge in [0, 0.05) is 25.0 Å². The molecule has 0 radical (unpaired) electrons. The van der Waals surface area contributed by atoms with E-state index in [1.54, 1.807) is 12.1 Å². The van der Waals surface area contributed by atoms with E-state index in [1.165, 1.54) is 12.1 Å². The number of sulfonamides is 1. The Morgan fingerprint density at radius 3 is 2.20 bits per heavy atom. The van der Waals surface area contributed by atoms with Crippen molar-refractivity contribution in [2.45, 2.75) is 11.4 Å². The summed E-state index contributed by atoms with van der Waals surface area (Å²) in [4.78, 5) is 2.05. The van der Waals surface area contributed by atoms with Gasteiger partial charge in [-0.1, -0.05) is 18.2 Å². The number of anilines is 2. The van der Waals surface area contributed by atoms with Gasteiger partial charge >= 0.3 is 0 Å². The van der Waals surface area contributed by atoms with Crippen LogP contribution in [0.15, 0.2) is 53.4 Å². The molecule has 0 aliphatic heterocycles. The van der Waals surface area contributed by atoms with Gasteiger partial charge in [0.2, 0.25) is 10.0 Å². The topological polar surface area (TPSA) is 89.4 Å². The molecule has 2 rings (SSSR count). The van der Waals surface area contributed by atoms with E-state index in [0.717, 1.165) is 16.9 Å². The van der Waals surface area contributed by atoms with Crippen LogP contribution in [-0.2, 0) is 16.6 Å². The molecule has 0 aromatic heterocycles. The first kappa shape index (κ1) is 14.5. The number of primary sulfonamides is 1. The molecule has 20 heavy (non-hydrogen) atoms. The molecule has 106 valence electrons. The zero-order valence-corrected chi connectivity index (χ0v) is 12.0. The van der Waals surface area contributed by atoms with Gasteiger partial charge in [-0.15, -0.1) is 0 Å². The van der Waals surface area contributed by atoms with Crippen molar-refractivity contribution >= 4 is 21.4 Å². The highest BCUT2D eigenvalue weighted by Crippen LogP contribution is 2.27. The second kappa shape index (κ2) is 5.62. The molecule has 5 nitrogen and oxygen atoms in total. The number of nitrogens with zero attached hydrogens (tertiary/aromatic N) is 1. The number of rotatable bonds is 4. The molecule has 6 heteroatoms. The Kier molecular flexibility index (Phi) is 4.08. The Labute approximate surface area is 118 Å². The Bertz CT molecular complexity index is 697. The van der Waals surface area contributed by atoms with E-state index >= 15 is 0 Å². The molecular weight excluding hydrogens is 274 g/mol. The molecule has 0 atom stereocenters. The van der Waals surface area contributed by atoms with Crippen LogP contribution in [0.4, 0.5) is 11.4 Å². The normalized spacial score (nSPS) is 11.3. The summed E-state index contributed by atoms with van der Waals surface area (Å²) in [5.74, 6) is 0. The van der Waals surface area contributed by atoms with E-state index in [2.05, 4.69) is 0 Å². The van der Waals surface area contributed by atoms with Crippen molar-refractivity contribution in [1.82, 2.24) is 0 Å². The van der Waals surface area contributed by atoms with Crippen LogP contribution in [0.1, 0.15) is 5.56 Å². The molecule has 0 saturated carbocycles. The standard InChI is InChI=1S/C14H17N3O2S/c1-17(14-5-3-2-4-11(14)10-15)12-6-8-13(9-7-12)20(16,18)19/h2-9H,10,15H2,1H3,(H2,16,18,19). The molecule has 2 aromatic carbocycles. The second-order valence-corrected chi connectivity index (χ2v) is 5.99. The molecule has 0 bridgehead atoms. The van der Waals surface area contributed by atoms with Gasteiger partial charge in [-0.25, -0.2) is 13.6 Å². The first-order valence-electron chi connectivity index (χ1n) is 6.08. The van der Waals surface area contributed by atoms with E-state index in [4.69, 9.17) is 10.9 Å². The third-order valence-corrected chi connectivity index (χ3v) is 4.05. The maximum Gasteiger partial charge on any atom is 0.238 e. The maximum absolute atomic E-state index is 11.2. The fourth-order valence-corrected chi connectivity index (χ4v) is 2.52. The minimum atomic E-state index is -3.66. The maximum atomic E-state index is 11.2. The first-order chi connectivity index (χ1) is 9.43. The summed E-state index contributed by atoms with van der Waals surface area (Å²) in [6.07, 6.45) is 0. The van der Waals surface area contributed by atoms with Crippen molar-refractivity contribution in [3.8, 4) is 0 Å². The third-order valence-electron chi connectivity index (χ3n) is 3.13. The fourth-order valence-electron chi connectivity index (χ4n) is 2.01. The zero-order chi connectivity index (χ0) is 14.8. The van der Waals surface area contributed by atoms with Crippen LogP contribution in [0.25, 0.3) is 0 Å². The van der Waals surface area contributed by atoms with Crippen LogP contribution in [0.2, 0.25) is 0 Å². The van der Waals surface area contributed by atoms with Crippen molar-refractivity contribution in [1.29, 1.82) is 0 Å². The molecule has 4 N–H and O–H groups in total. The van der Waals surface area contributed by atoms with Gasteiger partial charge in [-0.05, 0) is 35.9 Å². The lowest BCUT2D eigenvalue weighted by atomic mass is 10.1. The molecule has 0 amide bonds.